The monoisotopic (exact) mass is 279 g/mol. The Morgan fingerprint density at radius 1 is 1.00 bits per heavy atom. The molecule has 2 amide bonds. The highest BCUT2D eigenvalue weighted by Gasteiger charge is 2.31. The summed E-state index contributed by atoms with van der Waals surface area (Å²) in [4.78, 5) is 17.1. The van der Waals surface area contributed by atoms with Gasteiger partial charge >= 0.3 is 6.03 Å². The maximum Gasteiger partial charge on any atom is 0.320 e. The van der Waals surface area contributed by atoms with Gasteiger partial charge in [0.1, 0.15) is 0 Å². The van der Waals surface area contributed by atoms with Crippen molar-refractivity contribution >= 4 is 6.03 Å². The summed E-state index contributed by atoms with van der Waals surface area (Å²) in [7, 11) is 0. The first kappa shape index (κ1) is 14.2. The molecule has 0 spiro atoms. The Balaban J connectivity index is 1.58. The summed E-state index contributed by atoms with van der Waals surface area (Å²) in [5.41, 5.74) is 0. The largest absolute Gasteiger partial charge is 0.325 e. The molecule has 1 saturated carbocycles. The summed E-state index contributed by atoms with van der Waals surface area (Å²) in [5, 5.41) is 3.54. The lowest BCUT2D eigenvalue weighted by molar-refractivity contribution is 0.147. The minimum atomic E-state index is 0.312. The average molecular weight is 279 g/mol. The Bertz CT molecular complexity index is 316. The van der Waals surface area contributed by atoms with Crippen molar-refractivity contribution in [2.75, 3.05) is 32.7 Å². The first-order valence-corrected chi connectivity index (χ1v) is 8.60. The summed E-state index contributed by atoms with van der Waals surface area (Å²) in [6.07, 6.45) is 10.1. The molecule has 0 aromatic rings. The molecule has 0 radical (unpaired) electrons. The first-order chi connectivity index (χ1) is 9.83. The summed E-state index contributed by atoms with van der Waals surface area (Å²) in [5.74, 6) is 0.785. The second-order valence-corrected chi connectivity index (χ2v) is 6.83. The van der Waals surface area contributed by atoms with Crippen molar-refractivity contribution in [2.24, 2.45) is 5.92 Å². The van der Waals surface area contributed by atoms with Crippen molar-refractivity contribution in [3.8, 4) is 0 Å². The number of carbonyl (C=O) groups excluding carboxylic acids is 1. The van der Waals surface area contributed by atoms with Crippen LogP contribution in [0.25, 0.3) is 0 Å². The fraction of sp³-hybridized carbons (Fsp3) is 0.938. The Labute approximate surface area is 122 Å². The van der Waals surface area contributed by atoms with Gasteiger partial charge in [-0.05, 0) is 51.0 Å². The second kappa shape index (κ2) is 6.79. The maximum atomic E-state index is 12.8. The fourth-order valence-corrected chi connectivity index (χ4v) is 3.48. The Kier molecular flexibility index (Phi) is 4.81. The van der Waals surface area contributed by atoms with E-state index in [-0.39, 0.29) is 0 Å². The third-order valence-electron chi connectivity index (χ3n) is 4.93. The Morgan fingerprint density at radius 2 is 1.75 bits per heavy atom. The van der Waals surface area contributed by atoms with Crippen molar-refractivity contribution in [1.82, 2.24) is 15.1 Å². The molecule has 114 valence electrons. The van der Waals surface area contributed by atoms with Crippen LogP contribution in [0.1, 0.15) is 51.4 Å². The van der Waals surface area contributed by atoms with Crippen LogP contribution in [0.3, 0.4) is 0 Å². The molecule has 1 N–H and O–H groups in total. The maximum absolute atomic E-state index is 12.8. The molecule has 20 heavy (non-hydrogen) atoms. The van der Waals surface area contributed by atoms with Gasteiger partial charge in [0.05, 0.1) is 0 Å². The molecule has 0 aromatic carbocycles. The molecule has 1 atom stereocenters. The van der Waals surface area contributed by atoms with Gasteiger partial charge in [0.25, 0.3) is 0 Å². The second-order valence-electron chi connectivity index (χ2n) is 6.83. The minimum Gasteiger partial charge on any atom is -0.325 e. The number of hydrogen-bond donors (Lipinski definition) is 1. The van der Waals surface area contributed by atoms with E-state index in [1.165, 1.54) is 51.4 Å². The van der Waals surface area contributed by atoms with E-state index in [1.807, 2.05) is 0 Å². The molecule has 1 aliphatic carbocycles. The molecule has 2 aliphatic heterocycles. The zero-order valence-electron chi connectivity index (χ0n) is 12.6. The number of carbonyl (C=O) groups is 1. The zero-order valence-corrected chi connectivity index (χ0v) is 12.6. The van der Waals surface area contributed by atoms with Gasteiger partial charge in [-0.3, -0.25) is 0 Å². The quantitative estimate of drug-likeness (QED) is 0.858. The average Bonchev–Trinajstić information content (AvgIpc) is 3.19. The molecule has 2 saturated heterocycles. The molecule has 3 rings (SSSR count). The first-order valence-electron chi connectivity index (χ1n) is 8.60. The highest BCUT2D eigenvalue weighted by Crippen LogP contribution is 2.30. The molecule has 4 nitrogen and oxygen atoms in total. The van der Waals surface area contributed by atoms with Crippen molar-refractivity contribution in [1.29, 1.82) is 0 Å². The smallest absolute Gasteiger partial charge is 0.320 e. The highest BCUT2D eigenvalue weighted by atomic mass is 16.2. The number of hydrogen-bond acceptors (Lipinski definition) is 2. The number of likely N-dealkylation sites (tertiary alicyclic amines) is 1. The molecule has 4 heteroatoms. The normalized spacial score (nSPS) is 27.4. The van der Waals surface area contributed by atoms with Crippen LogP contribution < -0.4 is 5.32 Å². The van der Waals surface area contributed by atoms with E-state index >= 15 is 0 Å². The zero-order chi connectivity index (χ0) is 13.8. The van der Waals surface area contributed by atoms with Crippen LogP contribution in [0, 0.1) is 5.92 Å². The van der Waals surface area contributed by atoms with Crippen molar-refractivity contribution in [2.45, 2.75) is 57.4 Å². The van der Waals surface area contributed by atoms with Crippen molar-refractivity contribution in [3.63, 3.8) is 0 Å². The number of urea groups is 1. The molecule has 2 heterocycles. The van der Waals surface area contributed by atoms with Crippen molar-refractivity contribution < 1.29 is 4.79 Å². The van der Waals surface area contributed by atoms with E-state index in [2.05, 4.69) is 15.1 Å². The van der Waals surface area contributed by atoms with Crippen molar-refractivity contribution in [3.05, 3.63) is 0 Å². The number of amides is 2. The van der Waals surface area contributed by atoms with Crippen LogP contribution >= 0.6 is 0 Å². The van der Waals surface area contributed by atoms with Crippen LogP contribution in [-0.4, -0.2) is 54.6 Å². The van der Waals surface area contributed by atoms with Gasteiger partial charge < -0.3 is 15.1 Å². The highest BCUT2D eigenvalue weighted by molar-refractivity contribution is 5.74. The standard InChI is InChI=1S/C16H29N3O/c20-16(18-10-3-1-2-4-11-18)19(12-14-7-8-14)13-15-6-5-9-17-15/h14-15,17H,1-13H2. The van der Waals surface area contributed by atoms with Crippen LogP contribution in [0.5, 0.6) is 0 Å². The number of nitrogens with one attached hydrogen (secondary N) is 1. The van der Waals surface area contributed by atoms with Gasteiger partial charge in [0, 0.05) is 32.2 Å². The summed E-state index contributed by atoms with van der Waals surface area (Å²) in [6.45, 7) is 4.98. The lowest BCUT2D eigenvalue weighted by Crippen LogP contribution is -2.48. The van der Waals surface area contributed by atoms with Gasteiger partial charge in [-0.2, -0.15) is 0 Å². The summed E-state index contributed by atoms with van der Waals surface area (Å²) < 4.78 is 0. The molecule has 0 aromatic heterocycles. The van der Waals surface area contributed by atoms with Gasteiger partial charge in [-0.25, -0.2) is 4.79 Å². The third kappa shape index (κ3) is 3.87. The number of nitrogens with zero attached hydrogens (tertiary/aromatic N) is 2. The van der Waals surface area contributed by atoms with Gasteiger partial charge in [0.15, 0.2) is 0 Å². The van der Waals surface area contributed by atoms with E-state index in [0.29, 0.717) is 12.1 Å². The van der Waals surface area contributed by atoms with Crippen LogP contribution in [-0.2, 0) is 0 Å². The lowest BCUT2D eigenvalue weighted by Gasteiger charge is -2.32. The summed E-state index contributed by atoms with van der Waals surface area (Å²) in [6, 6.07) is 0.845. The van der Waals surface area contributed by atoms with E-state index < -0.39 is 0 Å². The summed E-state index contributed by atoms with van der Waals surface area (Å²) >= 11 is 0. The van der Waals surface area contributed by atoms with E-state index in [4.69, 9.17) is 0 Å². The molecular formula is C16H29N3O. The van der Waals surface area contributed by atoms with Crippen LogP contribution in [0.4, 0.5) is 4.79 Å². The molecule has 3 fully saturated rings. The van der Waals surface area contributed by atoms with E-state index in [9.17, 15) is 4.79 Å². The van der Waals surface area contributed by atoms with Crippen LogP contribution in [0.15, 0.2) is 0 Å². The Hall–Kier alpha value is -0.770. The molecule has 3 aliphatic rings. The third-order valence-corrected chi connectivity index (χ3v) is 4.93. The minimum absolute atomic E-state index is 0.312. The SMILES string of the molecule is O=C(N1CCCCCC1)N(CC1CC1)CC1CCCN1. The van der Waals surface area contributed by atoms with Crippen LogP contribution in [0.2, 0.25) is 0 Å². The van der Waals surface area contributed by atoms with Gasteiger partial charge in [0.2, 0.25) is 0 Å². The number of rotatable bonds is 4. The predicted molar refractivity (Wildman–Crippen MR) is 80.8 cm³/mol. The predicted octanol–water partition coefficient (Wildman–Crippen LogP) is 2.45. The molecule has 1 unspecified atom stereocenters. The molecule has 0 bridgehead atoms. The van der Waals surface area contributed by atoms with E-state index in [1.54, 1.807) is 0 Å². The van der Waals surface area contributed by atoms with Gasteiger partial charge in [-0.15, -0.1) is 0 Å². The molecular weight excluding hydrogens is 250 g/mol. The van der Waals surface area contributed by atoms with Gasteiger partial charge in [-0.1, -0.05) is 12.8 Å². The lowest BCUT2D eigenvalue weighted by atomic mass is 10.2. The fourth-order valence-electron chi connectivity index (χ4n) is 3.48. The topological polar surface area (TPSA) is 35.6 Å². The Morgan fingerprint density at radius 3 is 2.35 bits per heavy atom. The van der Waals surface area contributed by atoms with E-state index in [0.717, 1.165) is 38.6 Å².